The first-order valence-corrected chi connectivity index (χ1v) is 5.97. The summed E-state index contributed by atoms with van der Waals surface area (Å²) in [4.78, 5) is 0. The molecule has 0 amide bonds. The van der Waals surface area contributed by atoms with E-state index in [-0.39, 0.29) is 6.10 Å². The monoisotopic (exact) mass is 321 g/mol. The molecule has 0 aliphatic rings. The van der Waals surface area contributed by atoms with Crippen LogP contribution in [-0.4, -0.2) is 17.8 Å². The lowest BCUT2D eigenvalue weighted by Crippen LogP contribution is -2.15. The smallest absolute Gasteiger partial charge is 0.0684 e. The largest absolute Gasteiger partial charge is 0.392 e. The van der Waals surface area contributed by atoms with Gasteiger partial charge in [-0.2, -0.15) is 0 Å². The van der Waals surface area contributed by atoms with Crippen molar-refractivity contribution in [2.45, 2.75) is 20.0 Å². The standard InChI is InChI=1S/C10H13Br2NO/c1-6-3-8(11)10(9(12)4-6)13-5-7(2)14/h3-4,7,13-14H,5H2,1-2H3/t7-/m1/s1. The Bertz CT molecular complexity index is 303. The van der Waals surface area contributed by atoms with Gasteiger partial charge < -0.3 is 10.4 Å². The van der Waals surface area contributed by atoms with Gasteiger partial charge in [-0.1, -0.05) is 0 Å². The molecule has 4 heteroatoms. The average molecular weight is 323 g/mol. The summed E-state index contributed by atoms with van der Waals surface area (Å²) in [7, 11) is 0. The van der Waals surface area contributed by atoms with E-state index >= 15 is 0 Å². The van der Waals surface area contributed by atoms with Crippen molar-refractivity contribution >= 4 is 37.5 Å². The fourth-order valence-electron chi connectivity index (χ4n) is 1.12. The minimum atomic E-state index is -0.352. The normalized spacial score (nSPS) is 12.6. The lowest BCUT2D eigenvalue weighted by atomic mass is 10.2. The predicted octanol–water partition coefficient (Wildman–Crippen LogP) is 3.31. The predicted molar refractivity (Wildman–Crippen MR) is 66.7 cm³/mol. The zero-order chi connectivity index (χ0) is 10.7. The molecule has 1 atom stereocenters. The number of aryl methyl sites for hydroxylation is 1. The van der Waals surface area contributed by atoms with E-state index in [0.29, 0.717) is 6.54 Å². The first-order chi connectivity index (χ1) is 6.50. The van der Waals surface area contributed by atoms with Crippen LogP contribution >= 0.6 is 31.9 Å². The van der Waals surface area contributed by atoms with Crippen molar-refractivity contribution in [3.63, 3.8) is 0 Å². The number of aliphatic hydroxyl groups is 1. The van der Waals surface area contributed by atoms with Crippen molar-refractivity contribution in [3.8, 4) is 0 Å². The zero-order valence-electron chi connectivity index (χ0n) is 8.14. The van der Waals surface area contributed by atoms with Gasteiger partial charge in [-0.25, -0.2) is 0 Å². The topological polar surface area (TPSA) is 32.3 Å². The van der Waals surface area contributed by atoms with E-state index in [0.717, 1.165) is 14.6 Å². The number of rotatable bonds is 3. The van der Waals surface area contributed by atoms with Crippen LogP contribution in [-0.2, 0) is 0 Å². The molecule has 1 rings (SSSR count). The molecule has 0 aliphatic carbocycles. The molecule has 14 heavy (non-hydrogen) atoms. The second kappa shape index (κ2) is 5.14. The van der Waals surface area contributed by atoms with Gasteiger partial charge in [0.25, 0.3) is 0 Å². The maximum Gasteiger partial charge on any atom is 0.0684 e. The van der Waals surface area contributed by atoms with Crippen molar-refractivity contribution < 1.29 is 5.11 Å². The molecule has 1 aromatic rings. The molecule has 0 spiro atoms. The van der Waals surface area contributed by atoms with Crippen LogP contribution in [0.4, 0.5) is 5.69 Å². The molecule has 2 nitrogen and oxygen atoms in total. The molecule has 0 bridgehead atoms. The number of halogens is 2. The number of hydrogen-bond acceptors (Lipinski definition) is 2. The molecule has 0 radical (unpaired) electrons. The van der Waals surface area contributed by atoms with E-state index in [1.807, 2.05) is 19.1 Å². The molecule has 0 saturated heterocycles. The Morgan fingerprint density at radius 3 is 2.29 bits per heavy atom. The van der Waals surface area contributed by atoms with Crippen LogP contribution in [0.15, 0.2) is 21.1 Å². The Morgan fingerprint density at radius 1 is 1.36 bits per heavy atom. The molecule has 0 aliphatic heterocycles. The Labute approximate surface area is 101 Å². The van der Waals surface area contributed by atoms with E-state index in [1.54, 1.807) is 6.92 Å². The number of anilines is 1. The van der Waals surface area contributed by atoms with Crippen molar-refractivity contribution in [2.75, 3.05) is 11.9 Å². The second-order valence-corrected chi connectivity index (χ2v) is 5.04. The summed E-state index contributed by atoms with van der Waals surface area (Å²) in [6.07, 6.45) is -0.352. The molecule has 0 aromatic heterocycles. The fraction of sp³-hybridized carbons (Fsp3) is 0.400. The summed E-state index contributed by atoms with van der Waals surface area (Å²) in [6.45, 7) is 4.33. The average Bonchev–Trinajstić information content (AvgIpc) is 2.01. The number of nitrogens with one attached hydrogen (secondary N) is 1. The second-order valence-electron chi connectivity index (χ2n) is 3.33. The van der Waals surface area contributed by atoms with Crippen molar-refractivity contribution in [1.82, 2.24) is 0 Å². The Kier molecular flexibility index (Phi) is 4.41. The third-order valence-electron chi connectivity index (χ3n) is 1.76. The quantitative estimate of drug-likeness (QED) is 0.894. The lowest BCUT2D eigenvalue weighted by Gasteiger charge is -2.12. The van der Waals surface area contributed by atoms with Crippen LogP contribution in [0.2, 0.25) is 0 Å². The van der Waals surface area contributed by atoms with E-state index in [9.17, 15) is 0 Å². The molecular formula is C10H13Br2NO. The van der Waals surface area contributed by atoms with E-state index in [1.165, 1.54) is 5.56 Å². The summed E-state index contributed by atoms with van der Waals surface area (Å²) in [5, 5.41) is 12.3. The number of benzene rings is 1. The molecule has 0 saturated carbocycles. The third kappa shape index (κ3) is 3.26. The SMILES string of the molecule is Cc1cc(Br)c(NC[C@@H](C)O)c(Br)c1. The van der Waals surface area contributed by atoms with E-state index in [2.05, 4.69) is 37.2 Å². The van der Waals surface area contributed by atoms with Gasteiger partial charge in [-0.3, -0.25) is 0 Å². The molecule has 0 unspecified atom stereocenters. The minimum absolute atomic E-state index is 0.352. The van der Waals surface area contributed by atoms with Gasteiger partial charge in [0.05, 0.1) is 11.8 Å². The summed E-state index contributed by atoms with van der Waals surface area (Å²) in [5.74, 6) is 0. The first kappa shape index (κ1) is 12.0. The highest BCUT2D eigenvalue weighted by atomic mass is 79.9. The minimum Gasteiger partial charge on any atom is -0.392 e. The third-order valence-corrected chi connectivity index (χ3v) is 3.01. The van der Waals surface area contributed by atoms with Crippen LogP contribution in [0.25, 0.3) is 0 Å². The summed E-state index contributed by atoms with van der Waals surface area (Å²) in [6, 6.07) is 4.07. The molecule has 0 fully saturated rings. The molecular weight excluding hydrogens is 310 g/mol. The molecule has 78 valence electrons. The van der Waals surface area contributed by atoms with Gasteiger partial charge in [0.15, 0.2) is 0 Å². The van der Waals surface area contributed by atoms with E-state index < -0.39 is 0 Å². The number of aliphatic hydroxyl groups excluding tert-OH is 1. The van der Waals surface area contributed by atoms with Gasteiger partial charge >= 0.3 is 0 Å². The zero-order valence-corrected chi connectivity index (χ0v) is 11.3. The highest BCUT2D eigenvalue weighted by molar-refractivity contribution is 9.11. The van der Waals surface area contributed by atoms with Gasteiger partial charge in [-0.15, -0.1) is 0 Å². The van der Waals surface area contributed by atoms with Crippen molar-refractivity contribution in [2.24, 2.45) is 0 Å². The van der Waals surface area contributed by atoms with Crippen LogP contribution in [0, 0.1) is 6.92 Å². The van der Waals surface area contributed by atoms with Crippen LogP contribution in [0.5, 0.6) is 0 Å². The van der Waals surface area contributed by atoms with Crippen LogP contribution in [0.3, 0.4) is 0 Å². The highest BCUT2D eigenvalue weighted by Gasteiger charge is 2.06. The van der Waals surface area contributed by atoms with Gasteiger partial charge in [-0.05, 0) is 63.4 Å². The summed E-state index contributed by atoms with van der Waals surface area (Å²) >= 11 is 6.95. The highest BCUT2D eigenvalue weighted by Crippen LogP contribution is 2.32. The van der Waals surface area contributed by atoms with E-state index in [4.69, 9.17) is 5.11 Å². The summed E-state index contributed by atoms with van der Waals surface area (Å²) < 4.78 is 2.01. The van der Waals surface area contributed by atoms with Gasteiger partial charge in [0.1, 0.15) is 0 Å². The summed E-state index contributed by atoms with van der Waals surface area (Å²) in [5.41, 5.74) is 2.17. The Morgan fingerprint density at radius 2 is 1.86 bits per heavy atom. The molecule has 2 N–H and O–H groups in total. The van der Waals surface area contributed by atoms with Crippen LogP contribution in [0.1, 0.15) is 12.5 Å². The first-order valence-electron chi connectivity index (χ1n) is 4.38. The van der Waals surface area contributed by atoms with Crippen molar-refractivity contribution in [3.05, 3.63) is 26.6 Å². The lowest BCUT2D eigenvalue weighted by molar-refractivity contribution is 0.208. The Balaban J connectivity index is 2.86. The maximum atomic E-state index is 9.16. The molecule has 0 heterocycles. The fourth-order valence-corrected chi connectivity index (χ4v) is 2.81. The number of hydrogen-bond donors (Lipinski definition) is 2. The van der Waals surface area contributed by atoms with Gasteiger partial charge in [0, 0.05) is 15.5 Å². The van der Waals surface area contributed by atoms with Crippen LogP contribution < -0.4 is 5.32 Å². The van der Waals surface area contributed by atoms with Gasteiger partial charge in [0.2, 0.25) is 0 Å². The van der Waals surface area contributed by atoms with Crippen molar-refractivity contribution in [1.29, 1.82) is 0 Å². The maximum absolute atomic E-state index is 9.16. The Hall–Kier alpha value is -0.0600. The molecule has 1 aromatic carbocycles.